The fraction of sp³-hybridized carbons (Fsp3) is 0.500. The van der Waals surface area contributed by atoms with Crippen LogP contribution in [-0.2, 0) is 10.0 Å². The van der Waals surface area contributed by atoms with Crippen LogP contribution < -0.4 is 0 Å². The van der Waals surface area contributed by atoms with Crippen LogP contribution in [0.3, 0.4) is 0 Å². The van der Waals surface area contributed by atoms with Crippen molar-refractivity contribution in [1.29, 1.82) is 0 Å². The first kappa shape index (κ1) is 13.2. The molecule has 0 radical (unpaired) electrons. The minimum absolute atomic E-state index is 0.383. The van der Waals surface area contributed by atoms with Gasteiger partial charge in [-0.05, 0) is 25.5 Å². The average Bonchev–Trinajstić information content (AvgIpc) is 2.26. The van der Waals surface area contributed by atoms with Crippen molar-refractivity contribution < 1.29 is 8.42 Å². The zero-order valence-corrected chi connectivity index (χ0v) is 10.9. The molecule has 1 aromatic rings. The van der Waals surface area contributed by atoms with Gasteiger partial charge in [0.2, 0.25) is 10.0 Å². The van der Waals surface area contributed by atoms with Crippen molar-refractivity contribution in [3.63, 3.8) is 0 Å². The zero-order chi connectivity index (χ0) is 12.2. The van der Waals surface area contributed by atoms with E-state index in [1.165, 1.54) is 4.31 Å². The summed E-state index contributed by atoms with van der Waals surface area (Å²) in [7, 11) is -3.30. The molecule has 16 heavy (non-hydrogen) atoms. The monoisotopic (exact) mass is 241 g/mol. The highest BCUT2D eigenvalue weighted by Crippen LogP contribution is 2.16. The number of nitrogens with zero attached hydrogens (tertiary/aromatic N) is 1. The van der Waals surface area contributed by atoms with Crippen LogP contribution in [0.1, 0.15) is 25.8 Å². The number of hydrogen-bond acceptors (Lipinski definition) is 2. The molecule has 0 amide bonds. The Bertz CT molecular complexity index is 423. The molecule has 0 saturated carbocycles. The van der Waals surface area contributed by atoms with E-state index in [9.17, 15) is 8.42 Å². The molecule has 90 valence electrons. The lowest BCUT2D eigenvalue weighted by molar-refractivity contribution is 0.427. The van der Waals surface area contributed by atoms with Gasteiger partial charge in [0.25, 0.3) is 0 Å². The van der Waals surface area contributed by atoms with Gasteiger partial charge >= 0.3 is 0 Å². The molecule has 0 N–H and O–H groups in total. The summed E-state index contributed by atoms with van der Waals surface area (Å²) in [6, 6.07) is 6.99. The Morgan fingerprint density at radius 2 is 1.69 bits per heavy atom. The molecular formula is C12H19NO2S. The highest BCUT2D eigenvalue weighted by molar-refractivity contribution is 7.89. The van der Waals surface area contributed by atoms with Crippen molar-refractivity contribution in [3.8, 4) is 0 Å². The summed E-state index contributed by atoms with van der Waals surface area (Å²) in [5, 5.41) is 0. The van der Waals surface area contributed by atoms with E-state index in [4.69, 9.17) is 0 Å². The van der Waals surface area contributed by atoms with Gasteiger partial charge in [0.05, 0.1) is 4.90 Å². The van der Waals surface area contributed by atoms with Gasteiger partial charge in [-0.25, -0.2) is 8.42 Å². The van der Waals surface area contributed by atoms with Crippen LogP contribution in [0.2, 0.25) is 0 Å². The van der Waals surface area contributed by atoms with E-state index in [2.05, 4.69) is 0 Å². The molecule has 0 saturated heterocycles. The minimum atomic E-state index is -3.30. The maximum absolute atomic E-state index is 12.2. The van der Waals surface area contributed by atoms with Gasteiger partial charge in [-0.1, -0.05) is 31.5 Å². The first-order chi connectivity index (χ1) is 7.52. The van der Waals surface area contributed by atoms with Crippen molar-refractivity contribution in [3.05, 3.63) is 29.8 Å². The number of benzene rings is 1. The molecule has 3 nitrogen and oxygen atoms in total. The maximum Gasteiger partial charge on any atom is 0.243 e. The Labute approximate surface area is 98.1 Å². The second-order valence-electron chi connectivity index (χ2n) is 3.81. The molecule has 0 unspecified atom stereocenters. The molecule has 1 aromatic carbocycles. The van der Waals surface area contributed by atoms with E-state index in [1.54, 1.807) is 12.1 Å². The molecule has 0 aliphatic carbocycles. The van der Waals surface area contributed by atoms with Crippen LogP contribution in [0, 0.1) is 6.92 Å². The van der Waals surface area contributed by atoms with Gasteiger partial charge in [-0.2, -0.15) is 4.31 Å². The Morgan fingerprint density at radius 3 is 2.12 bits per heavy atom. The number of hydrogen-bond donors (Lipinski definition) is 0. The van der Waals surface area contributed by atoms with E-state index in [0.717, 1.165) is 12.0 Å². The van der Waals surface area contributed by atoms with Crippen LogP contribution in [0.5, 0.6) is 0 Å². The largest absolute Gasteiger partial charge is 0.243 e. The van der Waals surface area contributed by atoms with E-state index in [1.807, 2.05) is 32.9 Å². The normalized spacial score (nSPS) is 12.0. The second-order valence-corrected chi connectivity index (χ2v) is 5.75. The number of sulfonamides is 1. The first-order valence-electron chi connectivity index (χ1n) is 5.59. The third-order valence-corrected chi connectivity index (χ3v) is 4.47. The molecule has 4 heteroatoms. The molecule has 1 rings (SSSR count). The second kappa shape index (κ2) is 5.46. The quantitative estimate of drug-likeness (QED) is 0.794. The van der Waals surface area contributed by atoms with Crippen LogP contribution in [0.25, 0.3) is 0 Å². The van der Waals surface area contributed by atoms with Crippen molar-refractivity contribution >= 4 is 10.0 Å². The summed E-state index contributed by atoms with van der Waals surface area (Å²) in [5.41, 5.74) is 1.07. The van der Waals surface area contributed by atoms with Gasteiger partial charge in [-0.15, -0.1) is 0 Å². The number of aryl methyl sites for hydroxylation is 1. The summed E-state index contributed by atoms with van der Waals surface area (Å²) in [4.78, 5) is 0.383. The first-order valence-corrected chi connectivity index (χ1v) is 7.03. The van der Waals surface area contributed by atoms with Crippen molar-refractivity contribution in [2.45, 2.75) is 32.1 Å². The molecule has 0 atom stereocenters. The van der Waals surface area contributed by atoms with Crippen LogP contribution in [0.4, 0.5) is 0 Å². The summed E-state index contributed by atoms with van der Waals surface area (Å²) in [6.45, 7) is 6.88. The zero-order valence-electron chi connectivity index (χ0n) is 10.1. The average molecular weight is 241 g/mol. The molecule has 0 heterocycles. The van der Waals surface area contributed by atoms with Gasteiger partial charge in [-0.3, -0.25) is 0 Å². The fourth-order valence-corrected chi connectivity index (χ4v) is 3.10. The van der Waals surface area contributed by atoms with Crippen molar-refractivity contribution in [1.82, 2.24) is 4.31 Å². The topological polar surface area (TPSA) is 37.4 Å². The molecule has 0 bridgehead atoms. The predicted octanol–water partition coefficient (Wildman–Crippen LogP) is 2.42. The summed E-state index contributed by atoms with van der Waals surface area (Å²) < 4.78 is 25.9. The van der Waals surface area contributed by atoms with E-state index in [0.29, 0.717) is 18.0 Å². The van der Waals surface area contributed by atoms with Crippen LogP contribution in [0.15, 0.2) is 29.2 Å². The lowest BCUT2D eigenvalue weighted by Gasteiger charge is -2.19. The Hall–Kier alpha value is -0.870. The van der Waals surface area contributed by atoms with E-state index in [-0.39, 0.29) is 0 Å². The Morgan fingerprint density at radius 1 is 1.12 bits per heavy atom. The third-order valence-electron chi connectivity index (χ3n) is 2.48. The van der Waals surface area contributed by atoms with Gasteiger partial charge < -0.3 is 0 Å². The maximum atomic E-state index is 12.2. The SMILES string of the molecule is CCCN(CC)S(=O)(=O)c1ccc(C)cc1. The lowest BCUT2D eigenvalue weighted by atomic mass is 10.2. The van der Waals surface area contributed by atoms with Gasteiger partial charge in [0, 0.05) is 13.1 Å². The molecule has 0 aromatic heterocycles. The lowest BCUT2D eigenvalue weighted by Crippen LogP contribution is -2.31. The van der Waals surface area contributed by atoms with Crippen molar-refractivity contribution in [2.75, 3.05) is 13.1 Å². The predicted molar refractivity (Wildman–Crippen MR) is 65.9 cm³/mol. The fourth-order valence-electron chi connectivity index (χ4n) is 1.56. The molecule has 0 aliphatic heterocycles. The Balaban J connectivity index is 3.04. The summed E-state index contributed by atoms with van der Waals surface area (Å²) >= 11 is 0. The van der Waals surface area contributed by atoms with Gasteiger partial charge in [0.1, 0.15) is 0 Å². The summed E-state index contributed by atoms with van der Waals surface area (Å²) in [5.74, 6) is 0. The molecule has 0 fully saturated rings. The smallest absolute Gasteiger partial charge is 0.207 e. The molecular weight excluding hydrogens is 222 g/mol. The van der Waals surface area contributed by atoms with Crippen LogP contribution >= 0.6 is 0 Å². The van der Waals surface area contributed by atoms with Gasteiger partial charge in [0.15, 0.2) is 0 Å². The Kier molecular flexibility index (Phi) is 4.50. The highest BCUT2D eigenvalue weighted by Gasteiger charge is 2.21. The van der Waals surface area contributed by atoms with Crippen LogP contribution in [-0.4, -0.2) is 25.8 Å². The van der Waals surface area contributed by atoms with E-state index >= 15 is 0 Å². The molecule has 0 aliphatic rings. The van der Waals surface area contributed by atoms with E-state index < -0.39 is 10.0 Å². The standard InChI is InChI=1S/C12H19NO2S/c1-4-10-13(5-2)16(14,15)12-8-6-11(3)7-9-12/h6-9H,4-5,10H2,1-3H3. The van der Waals surface area contributed by atoms with Crippen molar-refractivity contribution in [2.24, 2.45) is 0 Å². The highest BCUT2D eigenvalue weighted by atomic mass is 32.2. The minimum Gasteiger partial charge on any atom is -0.207 e. The summed E-state index contributed by atoms with van der Waals surface area (Å²) in [6.07, 6.45) is 0.832. The molecule has 0 spiro atoms. The third kappa shape index (κ3) is 2.83. The number of rotatable bonds is 5.